The average Bonchev–Trinajstić information content (AvgIpc) is 3.91. The fourth-order valence-corrected chi connectivity index (χ4v) is 11.1. The molecule has 0 heterocycles. The summed E-state index contributed by atoms with van der Waals surface area (Å²) in [4.78, 5) is 2.50. The van der Waals surface area contributed by atoms with Gasteiger partial charge in [-0.3, -0.25) is 0 Å². The van der Waals surface area contributed by atoms with Gasteiger partial charge >= 0.3 is 0 Å². The first-order chi connectivity index (χ1) is 34.9. The minimum absolute atomic E-state index is 0.135. The molecular weight excluding hydrogens is 867 g/mol. The number of benzene rings is 10. The van der Waals surface area contributed by atoms with E-state index in [0.717, 1.165) is 6.42 Å². The highest BCUT2D eigenvalue weighted by molar-refractivity contribution is 6.47. The monoisotopic (exact) mass is 929 g/mol. The Morgan fingerprint density at radius 2 is 0.736 bits per heavy atom. The first-order valence-electron chi connectivity index (χ1n) is 25.6. The molecule has 72 heavy (non-hydrogen) atoms. The molecule has 0 radical (unpaired) electrons. The minimum atomic E-state index is 0.135. The normalized spacial score (nSPS) is 13.3. The van der Waals surface area contributed by atoms with Crippen LogP contribution in [0.25, 0.3) is 86.9 Å². The summed E-state index contributed by atoms with van der Waals surface area (Å²) < 4.78 is 0. The van der Waals surface area contributed by atoms with Gasteiger partial charge in [0.25, 0.3) is 0 Å². The predicted octanol–water partition coefficient (Wildman–Crippen LogP) is 20.4. The summed E-state index contributed by atoms with van der Waals surface area (Å²) in [6.45, 7) is 19.8. The maximum absolute atomic E-state index is 2.50. The van der Waals surface area contributed by atoms with E-state index in [1.807, 2.05) is 0 Å². The fraction of sp³-hybridized carbons (Fsp3) is 0.155. The van der Waals surface area contributed by atoms with Gasteiger partial charge in [-0.1, -0.05) is 229 Å². The molecule has 0 N–H and O–H groups in total. The quantitative estimate of drug-likeness (QED) is 0.166. The molecule has 1 aliphatic carbocycles. The summed E-state index contributed by atoms with van der Waals surface area (Å²) in [6, 6.07) is 71.8. The molecule has 0 saturated carbocycles. The number of aryl methyl sites for hydroxylation is 6. The van der Waals surface area contributed by atoms with Crippen LogP contribution in [0.3, 0.4) is 0 Å². The Hall–Kier alpha value is -8.00. The van der Waals surface area contributed by atoms with Crippen molar-refractivity contribution >= 4 is 76.0 Å². The largest absolute Gasteiger partial charge is 0.310 e. The van der Waals surface area contributed by atoms with Crippen LogP contribution in [0, 0.1) is 47.0 Å². The van der Waals surface area contributed by atoms with Gasteiger partial charge in [0, 0.05) is 16.8 Å². The Morgan fingerprint density at radius 1 is 0.347 bits per heavy atom. The van der Waals surface area contributed by atoms with Crippen LogP contribution in [-0.4, -0.2) is 0 Å². The Kier molecular flexibility index (Phi) is 12.0. The van der Waals surface area contributed by atoms with Crippen molar-refractivity contribution in [1.82, 2.24) is 0 Å². The van der Waals surface area contributed by atoms with Crippen molar-refractivity contribution in [3.63, 3.8) is 0 Å². The number of hydrogen-bond acceptors (Lipinski definition) is 1. The van der Waals surface area contributed by atoms with Gasteiger partial charge in [0.15, 0.2) is 0 Å². The summed E-state index contributed by atoms with van der Waals surface area (Å²) in [6.07, 6.45) is 5.85. The molecule has 0 saturated heterocycles. The van der Waals surface area contributed by atoms with Crippen LogP contribution in [0.5, 0.6) is 0 Å². The van der Waals surface area contributed by atoms with E-state index >= 15 is 0 Å². The zero-order chi connectivity index (χ0) is 49.8. The SMILES string of the molecule is CC1=CC(N(c2ccc(C)cc2)c2ccc3c4c(-c5ccccc5)c5c6cccc7c(C)ccc(c5c(-c5ccccc5)c4c4cccc2c43)c76)=CCC1(C)C.Cc1ccc(C)cc1.Cc1ccc(C)cc1. The van der Waals surface area contributed by atoms with Crippen molar-refractivity contribution in [2.75, 3.05) is 4.90 Å². The molecule has 12 aromatic carbocycles. The van der Waals surface area contributed by atoms with Crippen LogP contribution in [-0.2, 0) is 0 Å². The van der Waals surface area contributed by atoms with Crippen molar-refractivity contribution in [1.29, 1.82) is 0 Å². The number of fused-ring (bicyclic) bond motifs is 6. The Morgan fingerprint density at radius 3 is 1.19 bits per heavy atom. The van der Waals surface area contributed by atoms with E-state index in [0.29, 0.717) is 0 Å². The van der Waals surface area contributed by atoms with Gasteiger partial charge in [-0.05, 0) is 172 Å². The lowest BCUT2D eigenvalue weighted by atomic mass is 9.78. The standard InChI is InChI=1S/C55H43N.2C8H10/c1-33-22-25-38(26-23-33)56(39-30-31-55(4,5)35(3)32-39)46-29-28-45-50-41(46)19-13-21-43(50)52-48(37-16-10-7-11-17-37)53-44-27-24-34(2)40-18-12-20-42(49(40)44)51(53)47(54(45)52)36-14-8-6-9-15-36;2*1-7-3-5-8(2)6-4-7/h6-30,32H,31H2,1-5H3;2*3-6H,1-2H3. The predicted molar refractivity (Wildman–Crippen MR) is 315 cm³/mol. The fourth-order valence-electron chi connectivity index (χ4n) is 11.1. The molecule has 0 fully saturated rings. The molecule has 1 nitrogen and oxygen atoms in total. The minimum Gasteiger partial charge on any atom is -0.310 e. The van der Waals surface area contributed by atoms with Crippen molar-refractivity contribution < 1.29 is 0 Å². The molecule has 0 amide bonds. The highest BCUT2D eigenvalue weighted by Gasteiger charge is 2.30. The van der Waals surface area contributed by atoms with Gasteiger partial charge in [-0.25, -0.2) is 0 Å². The first-order valence-corrected chi connectivity index (χ1v) is 25.6. The van der Waals surface area contributed by atoms with Gasteiger partial charge in [-0.15, -0.1) is 0 Å². The summed E-state index contributed by atoms with van der Waals surface area (Å²) in [7, 11) is 0. The van der Waals surface area contributed by atoms with E-state index in [4.69, 9.17) is 0 Å². The molecular formula is C71H63N. The molecule has 0 bridgehead atoms. The second kappa shape index (κ2) is 18.6. The zero-order valence-corrected chi connectivity index (χ0v) is 43.3. The van der Waals surface area contributed by atoms with Crippen LogP contribution < -0.4 is 4.90 Å². The van der Waals surface area contributed by atoms with Crippen LogP contribution in [0.4, 0.5) is 11.4 Å². The number of nitrogens with zero attached hydrogens (tertiary/aromatic N) is 1. The highest BCUT2D eigenvalue weighted by atomic mass is 15.1. The number of rotatable bonds is 5. The smallest absolute Gasteiger partial charge is 0.0540 e. The summed E-state index contributed by atoms with van der Waals surface area (Å²) in [5.41, 5.74) is 18.2. The van der Waals surface area contributed by atoms with Crippen LogP contribution >= 0.6 is 0 Å². The van der Waals surface area contributed by atoms with Crippen LogP contribution in [0.2, 0.25) is 0 Å². The molecule has 0 spiro atoms. The lowest BCUT2D eigenvalue weighted by Crippen LogP contribution is -2.22. The van der Waals surface area contributed by atoms with Crippen molar-refractivity contribution in [2.45, 2.75) is 68.7 Å². The molecule has 1 aliphatic rings. The third-order valence-electron chi connectivity index (χ3n) is 15.5. The Balaban J connectivity index is 0.000000299. The molecule has 1 heteroatoms. The van der Waals surface area contributed by atoms with E-state index in [1.165, 1.54) is 143 Å². The Labute approximate surface area is 426 Å². The van der Waals surface area contributed by atoms with Crippen LogP contribution in [0.15, 0.2) is 218 Å². The molecule has 352 valence electrons. The molecule has 0 unspecified atom stereocenters. The second-order valence-electron chi connectivity index (χ2n) is 21.0. The number of anilines is 2. The van der Waals surface area contributed by atoms with Crippen molar-refractivity contribution in [3.05, 3.63) is 251 Å². The first kappa shape index (κ1) is 46.4. The van der Waals surface area contributed by atoms with E-state index in [-0.39, 0.29) is 5.41 Å². The second-order valence-corrected chi connectivity index (χ2v) is 21.0. The molecule has 0 atom stereocenters. The summed E-state index contributed by atoms with van der Waals surface area (Å²) in [5, 5.41) is 16.0. The van der Waals surface area contributed by atoms with Gasteiger partial charge in [0.05, 0.1) is 5.69 Å². The van der Waals surface area contributed by atoms with E-state index in [9.17, 15) is 0 Å². The third-order valence-corrected chi connectivity index (χ3v) is 15.5. The molecule has 13 rings (SSSR count). The summed E-state index contributed by atoms with van der Waals surface area (Å²) in [5.74, 6) is 0. The van der Waals surface area contributed by atoms with E-state index < -0.39 is 0 Å². The highest BCUT2D eigenvalue weighted by Crippen LogP contribution is 2.57. The lowest BCUT2D eigenvalue weighted by molar-refractivity contribution is 0.446. The topological polar surface area (TPSA) is 3.24 Å². The molecule has 0 aromatic heterocycles. The molecule has 12 aromatic rings. The van der Waals surface area contributed by atoms with E-state index in [1.54, 1.807) is 0 Å². The number of hydrogen-bond donors (Lipinski definition) is 0. The maximum Gasteiger partial charge on any atom is 0.0540 e. The van der Waals surface area contributed by atoms with Crippen molar-refractivity contribution in [2.24, 2.45) is 5.41 Å². The van der Waals surface area contributed by atoms with Gasteiger partial charge in [0.2, 0.25) is 0 Å². The number of allylic oxidation sites excluding steroid dienone is 3. The van der Waals surface area contributed by atoms with Gasteiger partial charge < -0.3 is 4.90 Å². The molecule has 0 aliphatic heterocycles. The van der Waals surface area contributed by atoms with Crippen molar-refractivity contribution in [3.8, 4) is 22.3 Å². The Bertz CT molecular complexity index is 3800. The van der Waals surface area contributed by atoms with Gasteiger partial charge in [-0.2, -0.15) is 0 Å². The van der Waals surface area contributed by atoms with Crippen LogP contribution in [0.1, 0.15) is 60.6 Å². The average molecular weight is 930 g/mol. The van der Waals surface area contributed by atoms with Gasteiger partial charge in [0.1, 0.15) is 0 Å². The summed E-state index contributed by atoms with van der Waals surface area (Å²) >= 11 is 0. The lowest BCUT2D eigenvalue weighted by Gasteiger charge is -2.34. The van der Waals surface area contributed by atoms with E-state index in [2.05, 4.69) is 273 Å². The maximum atomic E-state index is 2.50. The zero-order valence-electron chi connectivity index (χ0n) is 43.3. The third kappa shape index (κ3) is 8.17.